The molecule has 1 aromatic carbocycles. The van der Waals surface area contributed by atoms with Gasteiger partial charge in [0.1, 0.15) is 5.75 Å². The van der Waals surface area contributed by atoms with Gasteiger partial charge >= 0.3 is 6.03 Å². The van der Waals surface area contributed by atoms with Crippen molar-refractivity contribution in [2.75, 3.05) is 20.3 Å². The Kier molecular flexibility index (Phi) is 7.61. The molecule has 2 amide bonds. The second kappa shape index (κ2) is 9.23. The van der Waals surface area contributed by atoms with E-state index in [4.69, 9.17) is 9.47 Å². The summed E-state index contributed by atoms with van der Waals surface area (Å²) < 4.78 is 10.7. The second-order valence-corrected chi connectivity index (χ2v) is 5.20. The summed E-state index contributed by atoms with van der Waals surface area (Å²) in [6.45, 7) is 7.25. The van der Waals surface area contributed by atoms with Crippen LogP contribution in [0.25, 0.3) is 0 Å². The van der Waals surface area contributed by atoms with Crippen LogP contribution in [0.3, 0.4) is 0 Å². The normalized spacial score (nSPS) is 12.0. The number of carbonyl (C=O) groups excluding carboxylic acids is 1. The number of urea groups is 1. The van der Waals surface area contributed by atoms with Crippen molar-refractivity contribution in [2.45, 2.75) is 39.3 Å². The molecule has 1 rings (SSSR count). The fourth-order valence-electron chi connectivity index (χ4n) is 1.94. The maximum atomic E-state index is 11.7. The van der Waals surface area contributed by atoms with Crippen LogP contribution in [-0.2, 0) is 4.74 Å². The highest BCUT2D eigenvalue weighted by Crippen LogP contribution is 2.26. The van der Waals surface area contributed by atoms with Crippen LogP contribution in [0.1, 0.15) is 38.7 Å². The van der Waals surface area contributed by atoms with Gasteiger partial charge in [0.25, 0.3) is 0 Å². The average Bonchev–Trinajstić information content (AvgIpc) is 2.43. The molecule has 21 heavy (non-hydrogen) atoms. The average molecular weight is 294 g/mol. The van der Waals surface area contributed by atoms with Crippen LogP contribution in [0, 0.1) is 0 Å². The quantitative estimate of drug-likeness (QED) is 0.572. The molecule has 2 N–H and O–H groups in total. The largest absolute Gasteiger partial charge is 0.471 e. The van der Waals surface area contributed by atoms with Gasteiger partial charge in [-0.3, -0.25) is 0 Å². The minimum Gasteiger partial charge on any atom is -0.471 e. The molecule has 118 valence electrons. The molecule has 0 fully saturated rings. The van der Waals surface area contributed by atoms with E-state index in [0.717, 1.165) is 17.7 Å². The van der Waals surface area contributed by atoms with Gasteiger partial charge in [-0.25, -0.2) is 4.79 Å². The first-order chi connectivity index (χ1) is 10.0. The van der Waals surface area contributed by atoms with Crippen molar-refractivity contribution in [1.29, 1.82) is 0 Å². The molecule has 0 heterocycles. The predicted molar refractivity (Wildman–Crippen MR) is 83.6 cm³/mol. The molecule has 0 aliphatic carbocycles. The van der Waals surface area contributed by atoms with Gasteiger partial charge in [-0.1, -0.05) is 32.0 Å². The van der Waals surface area contributed by atoms with Gasteiger partial charge < -0.3 is 20.1 Å². The number of rotatable bonds is 8. The second-order valence-electron chi connectivity index (χ2n) is 5.20. The molecule has 0 radical (unpaired) electrons. The van der Waals surface area contributed by atoms with E-state index < -0.39 is 6.23 Å². The monoisotopic (exact) mass is 294 g/mol. The summed E-state index contributed by atoms with van der Waals surface area (Å²) in [4.78, 5) is 11.7. The van der Waals surface area contributed by atoms with E-state index >= 15 is 0 Å². The molecule has 0 aliphatic rings. The van der Waals surface area contributed by atoms with Crippen molar-refractivity contribution in [3.8, 4) is 5.75 Å². The Morgan fingerprint density at radius 3 is 2.62 bits per heavy atom. The molecule has 0 saturated carbocycles. The molecule has 1 aromatic rings. The van der Waals surface area contributed by atoms with E-state index in [-0.39, 0.29) is 6.03 Å². The molecule has 0 aliphatic heterocycles. The molecule has 0 spiro atoms. The fraction of sp³-hybridized carbons (Fsp3) is 0.562. The zero-order valence-corrected chi connectivity index (χ0v) is 13.3. The predicted octanol–water partition coefficient (Wildman–Crippen LogP) is 2.87. The molecule has 0 bridgehead atoms. The summed E-state index contributed by atoms with van der Waals surface area (Å²) in [5.74, 6) is 1.18. The van der Waals surface area contributed by atoms with Crippen LogP contribution in [0.15, 0.2) is 24.3 Å². The Bertz CT molecular complexity index is 435. The van der Waals surface area contributed by atoms with Crippen molar-refractivity contribution < 1.29 is 14.3 Å². The maximum Gasteiger partial charge on any atom is 0.317 e. The zero-order chi connectivity index (χ0) is 15.7. The van der Waals surface area contributed by atoms with Gasteiger partial charge in [-0.05, 0) is 30.9 Å². The summed E-state index contributed by atoms with van der Waals surface area (Å²) in [5.41, 5.74) is 1.13. The number of hydrogen-bond acceptors (Lipinski definition) is 3. The minimum atomic E-state index is -0.396. The van der Waals surface area contributed by atoms with E-state index in [1.54, 1.807) is 7.11 Å². The van der Waals surface area contributed by atoms with Crippen LogP contribution in [0.5, 0.6) is 5.75 Å². The van der Waals surface area contributed by atoms with Crippen LogP contribution in [-0.4, -0.2) is 32.5 Å². The van der Waals surface area contributed by atoms with Crippen molar-refractivity contribution >= 4 is 6.03 Å². The Morgan fingerprint density at radius 2 is 1.95 bits per heavy atom. The van der Waals surface area contributed by atoms with Crippen LogP contribution in [0.4, 0.5) is 4.79 Å². The van der Waals surface area contributed by atoms with Gasteiger partial charge in [0.2, 0.25) is 0 Å². The lowest BCUT2D eigenvalue weighted by molar-refractivity contribution is 0.173. The molecular formula is C16H26N2O3. The maximum absolute atomic E-state index is 11.7. The number of methoxy groups -OCH3 is 1. The number of nitrogens with one attached hydrogen (secondary N) is 2. The summed E-state index contributed by atoms with van der Waals surface area (Å²) in [6, 6.07) is 7.64. The number of carbonyl (C=O) groups is 1. The Labute approximate surface area is 127 Å². The zero-order valence-electron chi connectivity index (χ0n) is 13.3. The van der Waals surface area contributed by atoms with Crippen molar-refractivity contribution in [3.05, 3.63) is 29.8 Å². The van der Waals surface area contributed by atoms with E-state index in [1.807, 2.05) is 31.2 Å². The topological polar surface area (TPSA) is 59.6 Å². The van der Waals surface area contributed by atoms with Crippen molar-refractivity contribution in [3.63, 3.8) is 0 Å². The van der Waals surface area contributed by atoms with E-state index in [0.29, 0.717) is 19.1 Å². The fourth-order valence-corrected chi connectivity index (χ4v) is 1.94. The van der Waals surface area contributed by atoms with Crippen LogP contribution >= 0.6 is 0 Å². The van der Waals surface area contributed by atoms with E-state index in [9.17, 15) is 4.79 Å². The molecule has 0 saturated heterocycles. The summed E-state index contributed by atoms with van der Waals surface area (Å²) in [7, 11) is 1.64. The molecular weight excluding hydrogens is 268 g/mol. The highest BCUT2D eigenvalue weighted by atomic mass is 16.5. The summed E-state index contributed by atoms with van der Waals surface area (Å²) in [6.07, 6.45) is 0.391. The molecule has 1 unspecified atom stereocenters. The standard InChI is InChI=1S/C16H26N2O3/c1-12(2)14-8-5-6-9-15(14)21-13(3)18-16(19)17-10-7-11-20-4/h5-6,8-9,12-13H,7,10-11H2,1-4H3,(H2,17,18,19). The Hall–Kier alpha value is -1.75. The SMILES string of the molecule is COCCCNC(=O)NC(C)Oc1ccccc1C(C)C. The Morgan fingerprint density at radius 1 is 1.24 bits per heavy atom. The minimum absolute atomic E-state index is 0.236. The first kappa shape index (κ1) is 17.3. The van der Waals surface area contributed by atoms with Crippen LogP contribution < -0.4 is 15.4 Å². The molecule has 1 atom stereocenters. The molecule has 5 heteroatoms. The number of para-hydroxylation sites is 1. The molecule has 0 aromatic heterocycles. The van der Waals surface area contributed by atoms with Gasteiger partial charge in [-0.2, -0.15) is 0 Å². The highest BCUT2D eigenvalue weighted by molar-refractivity contribution is 5.73. The lowest BCUT2D eigenvalue weighted by Crippen LogP contribution is -2.43. The van der Waals surface area contributed by atoms with Gasteiger partial charge in [0.15, 0.2) is 6.23 Å². The van der Waals surface area contributed by atoms with Gasteiger partial charge in [-0.15, -0.1) is 0 Å². The van der Waals surface area contributed by atoms with E-state index in [2.05, 4.69) is 24.5 Å². The number of benzene rings is 1. The third-order valence-electron chi connectivity index (χ3n) is 2.99. The van der Waals surface area contributed by atoms with Crippen LogP contribution in [0.2, 0.25) is 0 Å². The number of amides is 2. The third-order valence-corrected chi connectivity index (χ3v) is 2.99. The first-order valence-electron chi connectivity index (χ1n) is 7.33. The molecule has 5 nitrogen and oxygen atoms in total. The summed E-state index contributed by atoms with van der Waals surface area (Å²) >= 11 is 0. The lowest BCUT2D eigenvalue weighted by Gasteiger charge is -2.20. The summed E-state index contributed by atoms with van der Waals surface area (Å²) in [5, 5.41) is 5.52. The first-order valence-corrected chi connectivity index (χ1v) is 7.33. The Balaban J connectivity index is 2.43. The van der Waals surface area contributed by atoms with Gasteiger partial charge in [0.05, 0.1) is 0 Å². The lowest BCUT2D eigenvalue weighted by atomic mass is 10.0. The number of ether oxygens (including phenoxy) is 2. The smallest absolute Gasteiger partial charge is 0.317 e. The van der Waals surface area contributed by atoms with Crippen molar-refractivity contribution in [2.24, 2.45) is 0 Å². The van der Waals surface area contributed by atoms with E-state index in [1.165, 1.54) is 0 Å². The van der Waals surface area contributed by atoms with Crippen molar-refractivity contribution in [1.82, 2.24) is 10.6 Å². The third kappa shape index (κ3) is 6.49. The highest BCUT2D eigenvalue weighted by Gasteiger charge is 2.12. The number of hydrogen-bond donors (Lipinski definition) is 2. The van der Waals surface area contributed by atoms with Gasteiger partial charge in [0, 0.05) is 20.3 Å².